The zero-order valence-electron chi connectivity index (χ0n) is 19.0. The number of hydrogen-bond acceptors (Lipinski definition) is 2. The molecule has 0 aromatic rings. The number of ether oxygens (including phenoxy) is 1. The molecule has 0 bridgehead atoms. The first-order valence-corrected chi connectivity index (χ1v) is 12.4. The lowest BCUT2D eigenvalue weighted by Crippen LogP contribution is -1.94. The van der Waals surface area contributed by atoms with Crippen LogP contribution in [0.2, 0.25) is 0 Å². The first-order valence-electron chi connectivity index (χ1n) is 12.4. The number of esters is 1. The molecule has 0 fully saturated rings. The monoisotopic (exact) mass is 393 g/mol. The molecule has 0 spiro atoms. The van der Waals surface area contributed by atoms with Crippen LogP contribution in [-0.4, -0.2) is 5.97 Å². The smallest absolute Gasteiger partial charge is 0.303 e. The molecular weight excluding hydrogens is 344 g/mol. The summed E-state index contributed by atoms with van der Waals surface area (Å²) in [7, 11) is 0. The second-order valence-electron chi connectivity index (χ2n) is 8.36. The van der Waals surface area contributed by atoms with Crippen LogP contribution in [0.3, 0.4) is 0 Å². The standard InChI is InChI=1S/C26H49O2/c1-3-4-5-6-7-8-9-10-11-12-13-14-15-16-17-18-19-20-21-22-23-24-25-28-26(2)27/h3,25H,1,4-24H2,2H3. The van der Waals surface area contributed by atoms with Gasteiger partial charge in [-0.25, -0.2) is 0 Å². The molecule has 0 aromatic heterocycles. The molecule has 2 nitrogen and oxygen atoms in total. The van der Waals surface area contributed by atoms with Gasteiger partial charge >= 0.3 is 5.97 Å². The summed E-state index contributed by atoms with van der Waals surface area (Å²) in [4.78, 5) is 10.6. The second kappa shape index (κ2) is 24.2. The summed E-state index contributed by atoms with van der Waals surface area (Å²) in [6, 6.07) is 0. The van der Waals surface area contributed by atoms with Gasteiger partial charge in [0.05, 0.1) is 0 Å². The van der Waals surface area contributed by atoms with Crippen molar-refractivity contribution < 1.29 is 9.53 Å². The topological polar surface area (TPSA) is 26.3 Å². The molecular formula is C26H49O2. The fraction of sp³-hybridized carbons (Fsp3) is 0.846. The van der Waals surface area contributed by atoms with E-state index in [0.717, 1.165) is 12.8 Å². The number of rotatable bonds is 23. The molecule has 28 heavy (non-hydrogen) atoms. The van der Waals surface area contributed by atoms with Crippen molar-refractivity contribution in [3.8, 4) is 0 Å². The van der Waals surface area contributed by atoms with Crippen LogP contribution < -0.4 is 0 Å². The van der Waals surface area contributed by atoms with Crippen molar-refractivity contribution in [2.75, 3.05) is 0 Å². The van der Waals surface area contributed by atoms with Crippen molar-refractivity contribution in [3.63, 3.8) is 0 Å². The third-order valence-electron chi connectivity index (χ3n) is 5.48. The van der Waals surface area contributed by atoms with E-state index in [-0.39, 0.29) is 5.97 Å². The van der Waals surface area contributed by atoms with Crippen molar-refractivity contribution in [1.29, 1.82) is 0 Å². The molecule has 1 radical (unpaired) electrons. The number of unbranched alkanes of at least 4 members (excludes halogenated alkanes) is 20. The normalized spacial score (nSPS) is 10.9. The Balaban J connectivity index is 2.99. The van der Waals surface area contributed by atoms with E-state index < -0.39 is 0 Å². The van der Waals surface area contributed by atoms with Gasteiger partial charge in [-0.05, 0) is 25.7 Å². The van der Waals surface area contributed by atoms with Crippen LogP contribution in [-0.2, 0) is 9.53 Å². The van der Waals surface area contributed by atoms with Gasteiger partial charge in [0, 0.05) is 6.92 Å². The molecule has 0 amide bonds. The van der Waals surface area contributed by atoms with Crippen molar-refractivity contribution in [3.05, 3.63) is 19.3 Å². The summed E-state index contributed by atoms with van der Waals surface area (Å²) in [5, 5.41) is 0. The highest BCUT2D eigenvalue weighted by Gasteiger charge is 1.96. The van der Waals surface area contributed by atoms with E-state index in [1.807, 2.05) is 6.08 Å². The Morgan fingerprint density at radius 2 is 0.857 bits per heavy atom. The van der Waals surface area contributed by atoms with Gasteiger partial charge in [0.1, 0.15) is 6.61 Å². The van der Waals surface area contributed by atoms with E-state index in [9.17, 15) is 4.79 Å². The lowest BCUT2D eigenvalue weighted by atomic mass is 10.0. The van der Waals surface area contributed by atoms with E-state index >= 15 is 0 Å². The summed E-state index contributed by atoms with van der Waals surface area (Å²) in [5.41, 5.74) is 0. The van der Waals surface area contributed by atoms with E-state index in [1.165, 1.54) is 129 Å². The Kier molecular flexibility index (Phi) is 23.6. The number of allylic oxidation sites excluding steroid dienone is 1. The van der Waals surface area contributed by atoms with Crippen molar-refractivity contribution in [2.45, 2.75) is 142 Å². The molecule has 165 valence electrons. The van der Waals surface area contributed by atoms with Gasteiger partial charge in [-0.15, -0.1) is 6.58 Å². The Labute approximate surface area is 176 Å². The van der Waals surface area contributed by atoms with Gasteiger partial charge in [-0.1, -0.05) is 115 Å². The number of hydrogen-bond donors (Lipinski definition) is 0. The highest BCUT2D eigenvalue weighted by atomic mass is 16.5. The Morgan fingerprint density at radius 1 is 0.571 bits per heavy atom. The fourth-order valence-corrected chi connectivity index (χ4v) is 3.70. The summed E-state index contributed by atoms with van der Waals surface area (Å²) in [5.74, 6) is -0.207. The maximum Gasteiger partial charge on any atom is 0.303 e. The molecule has 0 aromatic carbocycles. The lowest BCUT2D eigenvalue weighted by molar-refractivity contribution is -0.137. The minimum absolute atomic E-state index is 0.207. The van der Waals surface area contributed by atoms with Crippen LogP contribution in [0.15, 0.2) is 12.7 Å². The van der Waals surface area contributed by atoms with Gasteiger partial charge in [0.25, 0.3) is 0 Å². The van der Waals surface area contributed by atoms with Crippen LogP contribution in [0.1, 0.15) is 142 Å². The predicted octanol–water partition coefficient (Wildman–Crippen LogP) is 9.09. The summed E-state index contributed by atoms with van der Waals surface area (Å²) >= 11 is 0. The third-order valence-corrected chi connectivity index (χ3v) is 5.48. The molecule has 0 unspecified atom stereocenters. The largest absolute Gasteiger partial charge is 0.459 e. The Hall–Kier alpha value is -0.790. The van der Waals surface area contributed by atoms with E-state index in [4.69, 9.17) is 4.74 Å². The predicted molar refractivity (Wildman–Crippen MR) is 123 cm³/mol. The van der Waals surface area contributed by atoms with Crippen LogP contribution in [0.5, 0.6) is 0 Å². The summed E-state index contributed by atoms with van der Waals surface area (Å²) in [6.45, 7) is 6.88. The zero-order chi connectivity index (χ0) is 20.5. The van der Waals surface area contributed by atoms with Crippen molar-refractivity contribution in [2.24, 2.45) is 0 Å². The minimum atomic E-state index is -0.207. The van der Waals surface area contributed by atoms with Crippen molar-refractivity contribution in [1.82, 2.24) is 0 Å². The van der Waals surface area contributed by atoms with E-state index in [2.05, 4.69) is 6.58 Å². The van der Waals surface area contributed by atoms with Gasteiger partial charge in [0.15, 0.2) is 0 Å². The highest BCUT2D eigenvalue weighted by molar-refractivity contribution is 5.66. The molecule has 0 saturated heterocycles. The van der Waals surface area contributed by atoms with Gasteiger partial charge in [0.2, 0.25) is 0 Å². The fourth-order valence-electron chi connectivity index (χ4n) is 3.70. The molecule has 0 N–H and O–H groups in total. The molecule has 0 aliphatic heterocycles. The van der Waals surface area contributed by atoms with Crippen LogP contribution in [0, 0.1) is 6.61 Å². The zero-order valence-corrected chi connectivity index (χ0v) is 19.0. The number of carbonyl (C=O) groups is 1. The Morgan fingerprint density at radius 3 is 1.14 bits per heavy atom. The molecule has 0 rings (SSSR count). The first-order chi connectivity index (χ1) is 13.8. The molecule has 0 saturated carbocycles. The maximum atomic E-state index is 10.6. The summed E-state index contributed by atoms with van der Waals surface area (Å²) < 4.78 is 4.82. The average molecular weight is 394 g/mol. The average Bonchev–Trinajstić information content (AvgIpc) is 2.68. The summed E-state index contributed by atoms with van der Waals surface area (Å²) in [6.07, 6.45) is 30.6. The van der Waals surface area contributed by atoms with Crippen LogP contribution in [0.25, 0.3) is 0 Å². The molecule has 0 aliphatic carbocycles. The highest BCUT2D eigenvalue weighted by Crippen LogP contribution is 2.15. The molecule has 0 atom stereocenters. The van der Waals surface area contributed by atoms with Crippen LogP contribution >= 0.6 is 0 Å². The van der Waals surface area contributed by atoms with E-state index in [1.54, 1.807) is 6.61 Å². The van der Waals surface area contributed by atoms with Crippen molar-refractivity contribution >= 4 is 5.97 Å². The molecule has 0 aliphatic rings. The maximum absolute atomic E-state index is 10.6. The number of carbonyl (C=O) groups excluding carboxylic acids is 1. The molecule has 2 heteroatoms. The first kappa shape index (κ1) is 27.2. The minimum Gasteiger partial charge on any atom is -0.459 e. The second-order valence-corrected chi connectivity index (χ2v) is 8.36. The third kappa shape index (κ3) is 25.2. The quantitative estimate of drug-likeness (QED) is 0.0982. The van der Waals surface area contributed by atoms with Gasteiger partial charge in [-0.2, -0.15) is 0 Å². The Bertz CT molecular complexity index is 324. The van der Waals surface area contributed by atoms with Gasteiger partial charge < -0.3 is 4.74 Å². The van der Waals surface area contributed by atoms with Gasteiger partial charge in [-0.3, -0.25) is 4.79 Å². The molecule has 0 heterocycles. The lowest BCUT2D eigenvalue weighted by Gasteiger charge is -2.04. The SMILES string of the molecule is C=CCCCCCCCCCCCCCCCCCCCCC[CH]OC(C)=O. The van der Waals surface area contributed by atoms with E-state index in [0.29, 0.717) is 0 Å². The van der Waals surface area contributed by atoms with Crippen LogP contribution in [0.4, 0.5) is 0 Å².